The number of rotatable bonds is 1. The molecule has 1 heteroatoms. The van der Waals surface area contributed by atoms with Crippen molar-refractivity contribution in [1.29, 1.82) is 0 Å². The van der Waals surface area contributed by atoms with Gasteiger partial charge in [0, 0.05) is 12.7 Å². The Balaban J connectivity index is 3.45. The topological polar surface area (TPSA) is 12.0 Å². The Hall–Kier alpha value is -0.980. The highest BCUT2D eigenvalue weighted by Gasteiger charge is 2.24. The number of hydrogen-bond acceptors (Lipinski definition) is 1. The zero-order valence-electron chi connectivity index (χ0n) is 11.7. The van der Waals surface area contributed by atoms with Gasteiger partial charge < -0.3 is 5.32 Å². The molecule has 0 amide bonds. The van der Waals surface area contributed by atoms with Crippen LogP contribution in [0.15, 0.2) is 18.2 Å². The van der Waals surface area contributed by atoms with Gasteiger partial charge in [-0.2, -0.15) is 0 Å². The molecule has 0 aromatic heterocycles. The predicted octanol–water partition coefficient (Wildman–Crippen LogP) is 4.32. The Morgan fingerprint density at radius 2 is 1.19 bits per heavy atom. The van der Waals surface area contributed by atoms with Crippen LogP contribution in [0.1, 0.15) is 52.7 Å². The maximum absolute atomic E-state index is 3.38. The summed E-state index contributed by atoms with van der Waals surface area (Å²) in [7, 11) is 2.01. The van der Waals surface area contributed by atoms with Gasteiger partial charge in [0.15, 0.2) is 0 Å². The van der Waals surface area contributed by atoms with Gasteiger partial charge in [-0.3, -0.25) is 0 Å². The number of hydrogen-bond donors (Lipinski definition) is 1. The van der Waals surface area contributed by atoms with Crippen molar-refractivity contribution in [3.63, 3.8) is 0 Å². The summed E-state index contributed by atoms with van der Waals surface area (Å²) in [6.07, 6.45) is 0. The highest BCUT2D eigenvalue weighted by Crippen LogP contribution is 2.37. The summed E-state index contributed by atoms with van der Waals surface area (Å²) in [5, 5.41) is 3.38. The summed E-state index contributed by atoms with van der Waals surface area (Å²) in [6.45, 7) is 13.6. The normalized spacial score (nSPS) is 12.7. The molecule has 1 aromatic carbocycles. The fraction of sp³-hybridized carbons (Fsp3) is 0.600. The van der Waals surface area contributed by atoms with Crippen LogP contribution in [0.4, 0.5) is 5.69 Å². The molecular formula is C15H25N. The van der Waals surface area contributed by atoms with Gasteiger partial charge in [0.1, 0.15) is 0 Å². The molecule has 0 aliphatic rings. The standard InChI is InChI=1S/C15H25N/c1-14(2,3)11-9-8-10-12(13(11)16-7)15(4,5)6/h8-10,16H,1-7H3. The SMILES string of the molecule is CNc1c(C(C)(C)C)cccc1C(C)(C)C. The molecule has 0 heterocycles. The summed E-state index contributed by atoms with van der Waals surface area (Å²) in [5.41, 5.74) is 4.44. The van der Waals surface area contributed by atoms with E-state index in [4.69, 9.17) is 0 Å². The van der Waals surface area contributed by atoms with Gasteiger partial charge in [-0.05, 0) is 22.0 Å². The average molecular weight is 219 g/mol. The van der Waals surface area contributed by atoms with Crippen LogP contribution >= 0.6 is 0 Å². The van der Waals surface area contributed by atoms with E-state index in [0.29, 0.717) is 0 Å². The first-order chi connectivity index (χ1) is 7.18. The Labute approximate surface area is 100 Å². The van der Waals surface area contributed by atoms with Crippen LogP contribution in [-0.4, -0.2) is 7.05 Å². The van der Waals surface area contributed by atoms with Gasteiger partial charge in [0.2, 0.25) is 0 Å². The van der Waals surface area contributed by atoms with Crippen molar-refractivity contribution in [2.45, 2.75) is 52.4 Å². The Morgan fingerprint density at radius 1 is 0.812 bits per heavy atom. The van der Waals surface area contributed by atoms with Crippen LogP contribution in [0.3, 0.4) is 0 Å². The van der Waals surface area contributed by atoms with Crippen molar-refractivity contribution < 1.29 is 0 Å². The van der Waals surface area contributed by atoms with Crippen molar-refractivity contribution in [2.24, 2.45) is 0 Å². The molecule has 0 saturated heterocycles. The quantitative estimate of drug-likeness (QED) is 0.741. The molecule has 0 fully saturated rings. The highest BCUT2D eigenvalue weighted by atomic mass is 14.8. The zero-order valence-corrected chi connectivity index (χ0v) is 11.7. The minimum atomic E-state index is 0.180. The summed E-state index contributed by atoms with van der Waals surface area (Å²) >= 11 is 0. The minimum Gasteiger partial charge on any atom is -0.388 e. The van der Waals surface area contributed by atoms with Crippen LogP contribution in [0.2, 0.25) is 0 Å². The Morgan fingerprint density at radius 3 is 1.44 bits per heavy atom. The first-order valence-corrected chi connectivity index (χ1v) is 5.99. The van der Waals surface area contributed by atoms with Crippen molar-refractivity contribution in [3.8, 4) is 0 Å². The highest BCUT2D eigenvalue weighted by molar-refractivity contribution is 5.61. The van der Waals surface area contributed by atoms with Crippen LogP contribution in [-0.2, 0) is 10.8 Å². The molecule has 0 atom stereocenters. The van der Waals surface area contributed by atoms with Gasteiger partial charge in [-0.1, -0.05) is 59.7 Å². The smallest absolute Gasteiger partial charge is 0.0413 e. The van der Waals surface area contributed by atoms with Gasteiger partial charge in [0.05, 0.1) is 0 Å². The third-order valence-corrected chi connectivity index (χ3v) is 2.93. The fourth-order valence-electron chi connectivity index (χ4n) is 2.07. The number of benzene rings is 1. The van der Waals surface area contributed by atoms with Gasteiger partial charge >= 0.3 is 0 Å². The lowest BCUT2D eigenvalue weighted by molar-refractivity contribution is 0.572. The molecule has 16 heavy (non-hydrogen) atoms. The molecule has 1 aromatic rings. The van der Waals surface area contributed by atoms with Crippen molar-refractivity contribution >= 4 is 5.69 Å². The lowest BCUT2D eigenvalue weighted by Crippen LogP contribution is -2.19. The molecule has 0 aliphatic heterocycles. The molecule has 1 N–H and O–H groups in total. The van der Waals surface area contributed by atoms with E-state index in [1.165, 1.54) is 16.8 Å². The molecule has 1 rings (SSSR count). The van der Waals surface area contributed by atoms with Crippen molar-refractivity contribution in [3.05, 3.63) is 29.3 Å². The van der Waals surface area contributed by atoms with Gasteiger partial charge in [-0.25, -0.2) is 0 Å². The number of para-hydroxylation sites is 1. The lowest BCUT2D eigenvalue weighted by atomic mass is 9.79. The molecule has 0 saturated carbocycles. The average Bonchev–Trinajstić information content (AvgIpc) is 2.13. The van der Waals surface area contributed by atoms with Crippen molar-refractivity contribution in [2.75, 3.05) is 12.4 Å². The number of anilines is 1. The van der Waals surface area contributed by atoms with Gasteiger partial charge in [-0.15, -0.1) is 0 Å². The second kappa shape index (κ2) is 4.12. The first-order valence-electron chi connectivity index (χ1n) is 5.99. The van der Waals surface area contributed by atoms with E-state index in [-0.39, 0.29) is 10.8 Å². The second-order valence-electron chi connectivity index (χ2n) is 6.48. The van der Waals surface area contributed by atoms with E-state index in [0.717, 1.165) is 0 Å². The minimum absolute atomic E-state index is 0.180. The van der Waals surface area contributed by atoms with Crippen LogP contribution in [0.25, 0.3) is 0 Å². The largest absolute Gasteiger partial charge is 0.388 e. The summed E-state index contributed by atoms with van der Waals surface area (Å²) in [4.78, 5) is 0. The van der Waals surface area contributed by atoms with Crippen molar-refractivity contribution in [1.82, 2.24) is 0 Å². The summed E-state index contributed by atoms with van der Waals surface area (Å²) < 4.78 is 0. The van der Waals surface area contributed by atoms with E-state index >= 15 is 0 Å². The first kappa shape index (κ1) is 13.1. The summed E-state index contributed by atoms with van der Waals surface area (Å²) in [5.74, 6) is 0. The molecule has 0 unspecified atom stereocenters. The maximum Gasteiger partial charge on any atom is 0.0413 e. The number of nitrogens with one attached hydrogen (secondary N) is 1. The maximum atomic E-state index is 3.38. The zero-order chi connectivity index (χ0) is 12.6. The second-order valence-corrected chi connectivity index (χ2v) is 6.48. The van der Waals surface area contributed by atoms with E-state index in [1.807, 2.05) is 7.05 Å². The molecule has 0 bridgehead atoms. The summed E-state index contributed by atoms with van der Waals surface area (Å²) in [6, 6.07) is 6.62. The monoisotopic (exact) mass is 219 g/mol. The molecule has 0 spiro atoms. The molecular weight excluding hydrogens is 194 g/mol. The molecule has 90 valence electrons. The van der Waals surface area contributed by atoms with E-state index < -0.39 is 0 Å². The fourth-order valence-corrected chi connectivity index (χ4v) is 2.07. The van der Waals surface area contributed by atoms with Crippen LogP contribution < -0.4 is 5.32 Å². The van der Waals surface area contributed by atoms with Gasteiger partial charge in [0.25, 0.3) is 0 Å². The Bertz CT molecular complexity index is 332. The Kier molecular flexibility index (Phi) is 3.37. The lowest BCUT2D eigenvalue weighted by Gasteiger charge is -2.29. The third-order valence-electron chi connectivity index (χ3n) is 2.93. The van der Waals surface area contributed by atoms with E-state index in [9.17, 15) is 0 Å². The molecule has 0 aliphatic carbocycles. The van der Waals surface area contributed by atoms with Crippen LogP contribution in [0, 0.1) is 0 Å². The predicted molar refractivity (Wildman–Crippen MR) is 73.4 cm³/mol. The molecule has 0 radical (unpaired) electrons. The van der Waals surface area contributed by atoms with Crippen LogP contribution in [0.5, 0.6) is 0 Å². The van der Waals surface area contributed by atoms with E-state index in [1.54, 1.807) is 0 Å². The van der Waals surface area contributed by atoms with E-state index in [2.05, 4.69) is 65.1 Å². The molecule has 1 nitrogen and oxygen atoms in total. The third kappa shape index (κ3) is 2.58.